The van der Waals surface area contributed by atoms with E-state index in [-0.39, 0.29) is 41.9 Å². The van der Waals surface area contributed by atoms with Gasteiger partial charge in [-0.05, 0) is 38.6 Å². The van der Waals surface area contributed by atoms with Crippen LogP contribution < -0.4 is 16.4 Å². The summed E-state index contributed by atoms with van der Waals surface area (Å²) in [6, 6.07) is -0.579. The maximum atomic E-state index is 15.7. The van der Waals surface area contributed by atoms with Gasteiger partial charge in [0.05, 0.1) is 49.1 Å². The number of hydrogen-bond acceptors (Lipinski definition) is 8. The van der Waals surface area contributed by atoms with Gasteiger partial charge in [0.25, 0.3) is 5.91 Å². The van der Waals surface area contributed by atoms with E-state index in [0.29, 0.717) is 19.6 Å². The minimum atomic E-state index is -1.21. The van der Waals surface area contributed by atoms with Gasteiger partial charge >= 0.3 is 0 Å². The van der Waals surface area contributed by atoms with Crippen molar-refractivity contribution in [3.05, 3.63) is 11.8 Å². The smallest absolute Gasteiger partial charge is 0.256 e. The maximum absolute atomic E-state index is 15.7. The van der Waals surface area contributed by atoms with Crippen LogP contribution in [-0.4, -0.2) is 110 Å². The highest BCUT2D eigenvalue weighted by molar-refractivity contribution is 6.20. The monoisotopic (exact) mass is 507 g/mol. The summed E-state index contributed by atoms with van der Waals surface area (Å²) in [4.78, 5) is 31.1. The molecule has 3 aliphatic heterocycles. The zero-order valence-corrected chi connectivity index (χ0v) is 21.2. The number of nitrogens with one attached hydrogen (secondary N) is 2. The average molecular weight is 508 g/mol. The molecule has 5 rings (SSSR count). The summed E-state index contributed by atoms with van der Waals surface area (Å²) in [6.45, 7) is 5.80. The summed E-state index contributed by atoms with van der Waals surface area (Å²) >= 11 is 0. The Morgan fingerprint density at radius 1 is 1.17 bits per heavy atom. The van der Waals surface area contributed by atoms with Gasteiger partial charge in [0.1, 0.15) is 6.17 Å². The highest BCUT2D eigenvalue weighted by Gasteiger charge is 2.58. The van der Waals surface area contributed by atoms with Crippen molar-refractivity contribution in [3.63, 3.8) is 0 Å². The number of unbranched alkanes of at least 4 members (excludes halogenated alkanes) is 1. The van der Waals surface area contributed by atoms with Crippen molar-refractivity contribution < 1.29 is 23.5 Å². The molecule has 202 valence electrons. The molecule has 0 radical (unpaired) electrons. The van der Waals surface area contributed by atoms with E-state index in [1.807, 2.05) is 0 Å². The predicted octanol–water partition coefficient (Wildman–Crippen LogP) is 0.337. The number of halogens is 1. The van der Waals surface area contributed by atoms with E-state index in [4.69, 9.17) is 15.2 Å². The molecule has 0 aromatic rings. The van der Waals surface area contributed by atoms with Crippen molar-refractivity contribution >= 4 is 11.7 Å². The van der Waals surface area contributed by atoms with Crippen molar-refractivity contribution in [3.8, 4) is 0 Å². The Kier molecular flexibility index (Phi) is 8.57. The molecule has 0 spiro atoms. The van der Waals surface area contributed by atoms with Crippen LogP contribution in [0, 0.1) is 5.92 Å². The Hall–Kier alpha value is -1.59. The topological polar surface area (TPSA) is 109 Å². The molecule has 7 unspecified atom stereocenters. The lowest BCUT2D eigenvalue weighted by Crippen LogP contribution is -2.73. The summed E-state index contributed by atoms with van der Waals surface area (Å²) in [5.74, 6) is -1.17. The first-order valence-corrected chi connectivity index (χ1v) is 13.9. The summed E-state index contributed by atoms with van der Waals surface area (Å²) in [6.07, 6.45) is 5.91. The second-order valence-electron chi connectivity index (χ2n) is 10.9. The van der Waals surface area contributed by atoms with E-state index in [0.717, 1.165) is 71.4 Å². The molecule has 3 heterocycles. The number of ketones is 1. The lowest BCUT2D eigenvalue weighted by molar-refractivity contribution is -0.197. The molecule has 2 saturated carbocycles. The number of alkyl halides is 1. The first kappa shape index (κ1) is 26.0. The lowest BCUT2D eigenvalue weighted by atomic mass is 9.69. The third kappa shape index (κ3) is 5.34. The van der Waals surface area contributed by atoms with Crippen molar-refractivity contribution in [2.45, 2.75) is 81.5 Å². The Bertz CT molecular complexity index is 822. The zero-order valence-electron chi connectivity index (χ0n) is 21.2. The van der Waals surface area contributed by atoms with Crippen molar-refractivity contribution in [1.82, 2.24) is 20.4 Å². The molecule has 5 aliphatic rings. The quantitative estimate of drug-likeness (QED) is 0.303. The van der Waals surface area contributed by atoms with Crippen molar-refractivity contribution in [2.75, 3.05) is 52.5 Å². The van der Waals surface area contributed by atoms with Crippen LogP contribution in [0.15, 0.2) is 11.8 Å². The molecule has 7 atom stereocenters. The Morgan fingerprint density at radius 3 is 2.78 bits per heavy atom. The molecule has 9 nitrogen and oxygen atoms in total. The minimum absolute atomic E-state index is 0.00666. The number of carbonyl (C=O) groups excluding carboxylic acids is 2. The Morgan fingerprint density at radius 2 is 1.97 bits per heavy atom. The van der Waals surface area contributed by atoms with Gasteiger partial charge in [-0.25, -0.2) is 4.39 Å². The summed E-state index contributed by atoms with van der Waals surface area (Å²) in [5, 5.41) is 6.34. The van der Waals surface area contributed by atoms with Crippen LogP contribution in [0.2, 0.25) is 0 Å². The lowest BCUT2D eigenvalue weighted by Gasteiger charge is -2.59. The number of nitrogens with two attached hydrogens (primary N) is 1. The van der Waals surface area contributed by atoms with Gasteiger partial charge in [0.2, 0.25) is 0 Å². The molecule has 0 aromatic carbocycles. The summed E-state index contributed by atoms with van der Waals surface area (Å²) < 4.78 is 27.8. The van der Waals surface area contributed by atoms with E-state index in [2.05, 4.69) is 20.4 Å². The fourth-order valence-electron chi connectivity index (χ4n) is 6.77. The Labute approximate surface area is 213 Å². The highest BCUT2D eigenvalue weighted by Crippen LogP contribution is 2.45. The van der Waals surface area contributed by atoms with E-state index in [9.17, 15) is 9.59 Å². The van der Waals surface area contributed by atoms with Crippen molar-refractivity contribution in [2.24, 2.45) is 11.7 Å². The fourth-order valence-corrected chi connectivity index (χ4v) is 6.77. The second-order valence-corrected chi connectivity index (χ2v) is 10.9. The third-order valence-corrected chi connectivity index (χ3v) is 8.65. The first-order chi connectivity index (χ1) is 17.6. The number of Topliss-reactive ketones (excluding diaryl/α,β-unsaturated/α-hetero) is 1. The van der Waals surface area contributed by atoms with Crippen LogP contribution in [0.4, 0.5) is 4.39 Å². The van der Waals surface area contributed by atoms with Gasteiger partial charge in [-0.2, -0.15) is 0 Å². The van der Waals surface area contributed by atoms with Crippen LogP contribution >= 0.6 is 0 Å². The third-order valence-electron chi connectivity index (χ3n) is 8.65. The van der Waals surface area contributed by atoms with Crippen LogP contribution in [0.25, 0.3) is 0 Å². The van der Waals surface area contributed by atoms with Gasteiger partial charge in [-0.1, -0.05) is 12.8 Å². The van der Waals surface area contributed by atoms with E-state index in [1.165, 1.54) is 0 Å². The van der Waals surface area contributed by atoms with Crippen LogP contribution in [0.5, 0.6) is 0 Å². The number of amides is 1. The number of ether oxygens (including phenoxy) is 2. The minimum Gasteiger partial charge on any atom is -0.379 e. The van der Waals surface area contributed by atoms with Crippen LogP contribution in [-0.2, 0) is 19.1 Å². The van der Waals surface area contributed by atoms with E-state index >= 15 is 4.39 Å². The summed E-state index contributed by atoms with van der Waals surface area (Å²) in [7, 11) is 0. The zero-order chi connectivity index (χ0) is 25.1. The number of rotatable bonds is 9. The average Bonchev–Trinajstić information content (AvgIpc) is 2.90. The number of nitrogens with zero attached hydrogens (tertiary/aromatic N) is 2. The van der Waals surface area contributed by atoms with Gasteiger partial charge in [-0.15, -0.1) is 0 Å². The second kappa shape index (κ2) is 11.9. The molecule has 4 fully saturated rings. The van der Waals surface area contributed by atoms with Gasteiger partial charge < -0.3 is 30.7 Å². The normalized spacial score (nSPS) is 36.6. The molecule has 0 bridgehead atoms. The maximum Gasteiger partial charge on any atom is 0.256 e. The molecule has 2 saturated heterocycles. The van der Waals surface area contributed by atoms with E-state index in [1.54, 1.807) is 6.20 Å². The molecule has 1 amide bonds. The standard InChI is InChI=1S/C26H42FN5O4/c27-19-15-17-23-25(22(19)29-9-10-31-11-13-35-14-12-31)36-21-6-2-1-5-20(21)32(23)16-18(24(17)33)26(34)30-8-4-3-7-28/h16-17,19-23,25,29H,1-15,28H2,(H,30,34). The molecule has 2 aliphatic carbocycles. The molecule has 0 aromatic heterocycles. The number of carbonyl (C=O) groups is 2. The van der Waals surface area contributed by atoms with Gasteiger partial charge in [-0.3, -0.25) is 14.5 Å². The fraction of sp³-hybridized carbons (Fsp3) is 0.846. The molecular weight excluding hydrogens is 465 g/mol. The largest absolute Gasteiger partial charge is 0.379 e. The number of hydrogen-bond donors (Lipinski definition) is 3. The number of fused-ring (bicyclic) bond motifs is 2. The predicted molar refractivity (Wildman–Crippen MR) is 133 cm³/mol. The molecule has 10 heteroatoms. The summed E-state index contributed by atoms with van der Waals surface area (Å²) in [5.41, 5.74) is 5.72. The van der Waals surface area contributed by atoms with Crippen LogP contribution in [0.1, 0.15) is 44.9 Å². The molecule has 4 N–H and O–H groups in total. The Balaban J connectivity index is 1.33. The van der Waals surface area contributed by atoms with Crippen LogP contribution in [0.3, 0.4) is 0 Å². The van der Waals surface area contributed by atoms with Crippen molar-refractivity contribution in [1.29, 1.82) is 0 Å². The molecule has 36 heavy (non-hydrogen) atoms. The molecular formula is C26H42FN5O4. The first-order valence-electron chi connectivity index (χ1n) is 13.9. The SMILES string of the molecule is NCCCCNC(=O)C1=CN2C3CCCCC3OC3C(NCCN4CCOCC4)C(F)CC(C1=O)C32. The highest BCUT2D eigenvalue weighted by atomic mass is 19.1. The van der Waals surface area contributed by atoms with E-state index < -0.39 is 24.2 Å². The van der Waals surface area contributed by atoms with Gasteiger partial charge in [0, 0.05) is 44.8 Å². The number of morpholine rings is 2. The van der Waals surface area contributed by atoms with Gasteiger partial charge in [0.15, 0.2) is 5.78 Å².